The van der Waals surface area contributed by atoms with Crippen LogP contribution < -0.4 is 0 Å². The number of rotatable bonds is 2. The Labute approximate surface area is 92.8 Å². The highest BCUT2D eigenvalue weighted by molar-refractivity contribution is 5.79. The molecule has 2 aromatic rings. The van der Waals surface area contributed by atoms with Crippen molar-refractivity contribution in [1.29, 1.82) is 0 Å². The van der Waals surface area contributed by atoms with Gasteiger partial charge in [-0.05, 0) is 42.3 Å². The first kappa shape index (κ1) is 10.5. The minimum Gasteiger partial charge on any atom is -0.298 e. The molecule has 80 valence electrons. The summed E-state index contributed by atoms with van der Waals surface area (Å²) < 4.78 is 12.7. The molecule has 0 aliphatic rings. The van der Waals surface area contributed by atoms with Gasteiger partial charge in [0.1, 0.15) is 6.29 Å². The fraction of sp³-hybridized carbons (Fsp3) is 0.0769. The lowest BCUT2D eigenvalue weighted by Gasteiger charge is -2.03. The molecule has 0 aliphatic heterocycles. The Bertz CT molecular complexity index is 520. The van der Waals surface area contributed by atoms with Gasteiger partial charge in [0.15, 0.2) is 0 Å². The molecule has 0 saturated heterocycles. The van der Waals surface area contributed by atoms with E-state index in [1.54, 1.807) is 18.2 Å². The van der Waals surface area contributed by atoms with Gasteiger partial charge in [0.25, 0.3) is 0 Å². The van der Waals surface area contributed by atoms with Crippen LogP contribution in [0.3, 0.4) is 0 Å². The van der Waals surface area contributed by atoms with Crippen LogP contribution in [0.4, 0.5) is 4.39 Å². The van der Waals surface area contributed by atoms with Crippen LogP contribution in [0, 0.1) is 12.9 Å². The van der Waals surface area contributed by atoms with Crippen LogP contribution >= 0.6 is 0 Å². The van der Waals surface area contributed by atoms with E-state index in [1.807, 2.05) is 13.0 Å². The number of aldehydes is 1. The maximum Gasteiger partial charge on any atom is 0.212 e. The Morgan fingerprint density at radius 3 is 2.62 bits per heavy atom. The SMILES string of the molecule is Cc1cc(C=O)cc(-c2ccc(F)nc2)c1. The topological polar surface area (TPSA) is 30.0 Å². The third-order valence-electron chi connectivity index (χ3n) is 2.30. The molecule has 1 aromatic carbocycles. The summed E-state index contributed by atoms with van der Waals surface area (Å²) in [6, 6.07) is 8.44. The molecule has 0 radical (unpaired) electrons. The maximum absolute atomic E-state index is 12.7. The number of hydrogen-bond donors (Lipinski definition) is 0. The summed E-state index contributed by atoms with van der Waals surface area (Å²) in [5.41, 5.74) is 3.27. The normalized spacial score (nSPS) is 10.1. The van der Waals surface area contributed by atoms with Crippen molar-refractivity contribution in [1.82, 2.24) is 4.98 Å². The van der Waals surface area contributed by atoms with Crippen molar-refractivity contribution in [2.75, 3.05) is 0 Å². The number of halogens is 1. The second-order valence-corrected chi connectivity index (χ2v) is 3.62. The van der Waals surface area contributed by atoms with E-state index in [9.17, 15) is 9.18 Å². The van der Waals surface area contributed by atoms with E-state index in [0.29, 0.717) is 5.56 Å². The van der Waals surface area contributed by atoms with Gasteiger partial charge < -0.3 is 0 Å². The average Bonchev–Trinajstić information content (AvgIpc) is 2.29. The minimum atomic E-state index is -0.507. The van der Waals surface area contributed by atoms with E-state index in [0.717, 1.165) is 23.0 Å². The number of aryl methyl sites for hydroxylation is 1. The van der Waals surface area contributed by atoms with E-state index in [1.165, 1.54) is 12.3 Å². The molecule has 2 nitrogen and oxygen atoms in total. The Morgan fingerprint density at radius 2 is 2.00 bits per heavy atom. The number of nitrogens with zero attached hydrogens (tertiary/aromatic N) is 1. The van der Waals surface area contributed by atoms with Crippen LogP contribution in [0.2, 0.25) is 0 Å². The zero-order valence-corrected chi connectivity index (χ0v) is 8.77. The molecule has 2 rings (SSSR count). The van der Waals surface area contributed by atoms with Crippen LogP contribution in [-0.4, -0.2) is 11.3 Å². The van der Waals surface area contributed by atoms with Gasteiger partial charge in [0, 0.05) is 17.3 Å². The molecular formula is C13H10FNO. The highest BCUT2D eigenvalue weighted by atomic mass is 19.1. The van der Waals surface area contributed by atoms with Crippen molar-refractivity contribution in [2.45, 2.75) is 6.92 Å². The summed E-state index contributed by atoms with van der Waals surface area (Å²) in [7, 11) is 0. The third kappa shape index (κ3) is 2.14. The summed E-state index contributed by atoms with van der Waals surface area (Å²) >= 11 is 0. The van der Waals surface area contributed by atoms with Gasteiger partial charge in [0.05, 0.1) is 0 Å². The van der Waals surface area contributed by atoms with Crippen LogP contribution in [0.15, 0.2) is 36.5 Å². The van der Waals surface area contributed by atoms with Gasteiger partial charge in [-0.1, -0.05) is 6.07 Å². The number of carbonyl (C=O) groups is 1. The number of hydrogen-bond acceptors (Lipinski definition) is 2. The zero-order valence-electron chi connectivity index (χ0n) is 8.77. The summed E-state index contributed by atoms with van der Waals surface area (Å²) in [6.45, 7) is 1.91. The predicted octanol–water partition coefficient (Wildman–Crippen LogP) is 3.01. The van der Waals surface area contributed by atoms with Crippen molar-refractivity contribution in [3.8, 4) is 11.1 Å². The first-order chi connectivity index (χ1) is 7.69. The second kappa shape index (κ2) is 4.23. The van der Waals surface area contributed by atoms with Gasteiger partial charge >= 0.3 is 0 Å². The molecule has 0 unspecified atom stereocenters. The molecule has 0 fully saturated rings. The molecule has 0 saturated carbocycles. The van der Waals surface area contributed by atoms with E-state index < -0.39 is 5.95 Å². The highest BCUT2D eigenvalue weighted by Gasteiger charge is 2.02. The first-order valence-electron chi connectivity index (χ1n) is 4.88. The Balaban J connectivity index is 2.51. The molecular weight excluding hydrogens is 205 g/mol. The Morgan fingerprint density at radius 1 is 1.19 bits per heavy atom. The summed E-state index contributed by atoms with van der Waals surface area (Å²) in [5, 5.41) is 0. The lowest BCUT2D eigenvalue weighted by molar-refractivity contribution is 0.112. The molecule has 1 aromatic heterocycles. The first-order valence-corrected chi connectivity index (χ1v) is 4.88. The lowest BCUT2D eigenvalue weighted by Crippen LogP contribution is -1.87. The van der Waals surface area contributed by atoms with Gasteiger partial charge in [-0.2, -0.15) is 4.39 Å². The van der Waals surface area contributed by atoms with Crippen molar-refractivity contribution >= 4 is 6.29 Å². The van der Waals surface area contributed by atoms with Crippen molar-refractivity contribution in [3.05, 3.63) is 53.6 Å². The number of carbonyl (C=O) groups excluding carboxylic acids is 1. The van der Waals surface area contributed by atoms with Gasteiger partial charge in [-0.15, -0.1) is 0 Å². The van der Waals surface area contributed by atoms with Crippen LogP contribution in [0.25, 0.3) is 11.1 Å². The standard InChI is InChI=1S/C13H10FNO/c1-9-4-10(8-16)6-12(5-9)11-2-3-13(14)15-7-11/h2-8H,1H3. The van der Waals surface area contributed by atoms with E-state index in [2.05, 4.69) is 4.98 Å². The monoisotopic (exact) mass is 215 g/mol. The summed E-state index contributed by atoms with van der Waals surface area (Å²) in [5.74, 6) is -0.507. The maximum atomic E-state index is 12.7. The predicted molar refractivity (Wildman–Crippen MR) is 59.8 cm³/mol. The smallest absolute Gasteiger partial charge is 0.212 e. The quantitative estimate of drug-likeness (QED) is 0.569. The van der Waals surface area contributed by atoms with E-state index >= 15 is 0 Å². The number of benzene rings is 1. The molecule has 0 atom stereocenters. The molecule has 0 spiro atoms. The van der Waals surface area contributed by atoms with Crippen molar-refractivity contribution in [2.24, 2.45) is 0 Å². The summed E-state index contributed by atoms with van der Waals surface area (Å²) in [4.78, 5) is 14.3. The van der Waals surface area contributed by atoms with Gasteiger partial charge in [0.2, 0.25) is 5.95 Å². The third-order valence-corrected chi connectivity index (χ3v) is 2.30. The molecule has 0 N–H and O–H groups in total. The largest absolute Gasteiger partial charge is 0.298 e. The fourth-order valence-electron chi connectivity index (χ4n) is 1.59. The summed E-state index contributed by atoms with van der Waals surface area (Å²) in [6.07, 6.45) is 2.26. The fourth-order valence-corrected chi connectivity index (χ4v) is 1.59. The number of aromatic nitrogens is 1. The Kier molecular flexibility index (Phi) is 2.77. The lowest BCUT2D eigenvalue weighted by atomic mass is 10.0. The molecule has 0 amide bonds. The van der Waals surface area contributed by atoms with Gasteiger partial charge in [-0.3, -0.25) is 4.79 Å². The highest BCUT2D eigenvalue weighted by Crippen LogP contribution is 2.21. The average molecular weight is 215 g/mol. The van der Waals surface area contributed by atoms with Crippen LogP contribution in [0.5, 0.6) is 0 Å². The van der Waals surface area contributed by atoms with Crippen molar-refractivity contribution < 1.29 is 9.18 Å². The molecule has 0 bridgehead atoms. The zero-order chi connectivity index (χ0) is 11.5. The van der Waals surface area contributed by atoms with Gasteiger partial charge in [-0.25, -0.2) is 4.98 Å². The molecule has 0 aliphatic carbocycles. The van der Waals surface area contributed by atoms with Crippen LogP contribution in [-0.2, 0) is 0 Å². The van der Waals surface area contributed by atoms with E-state index in [-0.39, 0.29) is 0 Å². The van der Waals surface area contributed by atoms with E-state index in [4.69, 9.17) is 0 Å². The van der Waals surface area contributed by atoms with Crippen LogP contribution in [0.1, 0.15) is 15.9 Å². The second-order valence-electron chi connectivity index (χ2n) is 3.62. The molecule has 1 heterocycles. The number of pyridine rings is 1. The van der Waals surface area contributed by atoms with Crippen molar-refractivity contribution in [3.63, 3.8) is 0 Å². The Hall–Kier alpha value is -2.03. The molecule has 3 heteroatoms. The molecule has 16 heavy (non-hydrogen) atoms. The minimum absolute atomic E-state index is 0.507.